The van der Waals surface area contributed by atoms with Gasteiger partial charge in [0.2, 0.25) is 0 Å². The molecular formula is C12H10F3NS. The van der Waals surface area contributed by atoms with Crippen LogP contribution in [0.25, 0.3) is 10.4 Å². The largest absolute Gasteiger partial charge is 0.416 e. The molecule has 0 spiro atoms. The van der Waals surface area contributed by atoms with Crippen LogP contribution in [0, 0.1) is 6.92 Å². The molecular weight excluding hydrogens is 247 g/mol. The number of hydrogen-bond acceptors (Lipinski definition) is 2. The molecule has 1 aromatic heterocycles. The topological polar surface area (TPSA) is 26.0 Å². The Hall–Kier alpha value is -1.49. The zero-order valence-electron chi connectivity index (χ0n) is 9.01. The van der Waals surface area contributed by atoms with Crippen LogP contribution in [-0.4, -0.2) is 0 Å². The fourth-order valence-corrected chi connectivity index (χ4v) is 2.40. The van der Waals surface area contributed by atoms with Crippen molar-refractivity contribution in [3.05, 3.63) is 40.8 Å². The molecule has 5 heteroatoms. The van der Waals surface area contributed by atoms with Crippen molar-refractivity contribution in [3.8, 4) is 10.4 Å². The molecule has 1 heterocycles. The van der Waals surface area contributed by atoms with E-state index < -0.39 is 11.7 Å². The van der Waals surface area contributed by atoms with E-state index in [1.54, 1.807) is 12.1 Å². The predicted octanol–water partition coefficient (Wildman–Crippen LogP) is 4.32. The van der Waals surface area contributed by atoms with Crippen molar-refractivity contribution in [2.24, 2.45) is 0 Å². The second-order valence-corrected chi connectivity index (χ2v) is 5.04. The molecule has 1 nitrogen and oxygen atoms in total. The molecule has 1 aromatic carbocycles. The lowest BCUT2D eigenvalue weighted by atomic mass is 10.1. The monoisotopic (exact) mass is 257 g/mol. The predicted molar refractivity (Wildman–Crippen MR) is 63.9 cm³/mol. The van der Waals surface area contributed by atoms with Crippen LogP contribution in [0.1, 0.15) is 10.4 Å². The minimum absolute atomic E-state index is 0.126. The first-order chi connectivity index (χ1) is 7.86. The number of nitrogens with two attached hydrogens (primary N) is 1. The Bertz CT molecular complexity index is 543. The summed E-state index contributed by atoms with van der Waals surface area (Å²) in [5.74, 6) is 0. The molecule has 0 bridgehead atoms. The minimum Gasteiger partial charge on any atom is -0.399 e. The summed E-state index contributed by atoms with van der Waals surface area (Å²) in [5, 5.41) is 0. The number of thiophene rings is 1. The highest BCUT2D eigenvalue weighted by atomic mass is 32.1. The summed E-state index contributed by atoms with van der Waals surface area (Å²) in [5.41, 5.74) is 5.43. The Morgan fingerprint density at radius 2 is 1.82 bits per heavy atom. The van der Waals surface area contributed by atoms with Crippen LogP contribution >= 0.6 is 11.3 Å². The number of aryl methyl sites for hydroxylation is 1. The van der Waals surface area contributed by atoms with E-state index in [9.17, 15) is 13.2 Å². The third-order valence-electron chi connectivity index (χ3n) is 2.31. The van der Waals surface area contributed by atoms with Gasteiger partial charge in [0.25, 0.3) is 0 Å². The average molecular weight is 257 g/mol. The zero-order valence-corrected chi connectivity index (χ0v) is 9.82. The van der Waals surface area contributed by atoms with Crippen molar-refractivity contribution in [2.45, 2.75) is 13.1 Å². The van der Waals surface area contributed by atoms with Gasteiger partial charge in [0, 0.05) is 15.4 Å². The van der Waals surface area contributed by atoms with Gasteiger partial charge in [-0.2, -0.15) is 13.2 Å². The molecule has 0 atom stereocenters. The lowest BCUT2D eigenvalue weighted by Crippen LogP contribution is -2.05. The molecule has 0 aliphatic rings. The second-order valence-electron chi connectivity index (χ2n) is 3.75. The smallest absolute Gasteiger partial charge is 0.399 e. The van der Waals surface area contributed by atoms with E-state index in [0.29, 0.717) is 5.56 Å². The highest BCUT2D eigenvalue weighted by Gasteiger charge is 2.31. The van der Waals surface area contributed by atoms with E-state index in [1.807, 2.05) is 13.0 Å². The first kappa shape index (κ1) is 12.0. The fourth-order valence-electron chi connectivity index (χ4n) is 1.55. The van der Waals surface area contributed by atoms with Gasteiger partial charge in [0.15, 0.2) is 0 Å². The molecule has 2 aromatic rings. The minimum atomic E-state index is -4.36. The third kappa shape index (κ3) is 2.61. The standard InChI is InChI=1S/C12H10F3NS/c1-7-2-3-11(17-7)8-4-9(12(13,14)15)6-10(16)5-8/h2-6H,16H2,1H3. The maximum atomic E-state index is 12.6. The second kappa shape index (κ2) is 4.07. The number of anilines is 1. The number of hydrogen-bond donors (Lipinski definition) is 1. The zero-order chi connectivity index (χ0) is 12.6. The van der Waals surface area contributed by atoms with Crippen LogP contribution in [0.4, 0.5) is 18.9 Å². The van der Waals surface area contributed by atoms with Gasteiger partial charge in [-0.3, -0.25) is 0 Å². The van der Waals surface area contributed by atoms with Crippen molar-refractivity contribution in [2.75, 3.05) is 5.73 Å². The highest BCUT2D eigenvalue weighted by molar-refractivity contribution is 7.15. The van der Waals surface area contributed by atoms with Crippen LogP contribution in [0.5, 0.6) is 0 Å². The fraction of sp³-hybridized carbons (Fsp3) is 0.167. The summed E-state index contributed by atoms with van der Waals surface area (Å²) >= 11 is 1.45. The average Bonchev–Trinajstić information content (AvgIpc) is 2.62. The lowest BCUT2D eigenvalue weighted by Gasteiger charge is -2.09. The maximum Gasteiger partial charge on any atom is 0.416 e. The number of benzene rings is 1. The van der Waals surface area contributed by atoms with Crippen molar-refractivity contribution in [1.82, 2.24) is 0 Å². The van der Waals surface area contributed by atoms with Crippen LogP contribution in [0.3, 0.4) is 0 Å². The van der Waals surface area contributed by atoms with Gasteiger partial charge in [-0.05, 0) is 42.8 Å². The van der Waals surface area contributed by atoms with E-state index in [-0.39, 0.29) is 5.69 Å². The van der Waals surface area contributed by atoms with Gasteiger partial charge < -0.3 is 5.73 Å². The molecule has 0 radical (unpaired) electrons. The number of rotatable bonds is 1. The van der Waals surface area contributed by atoms with Gasteiger partial charge >= 0.3 is 6.18 Å². The maximum absolute atomic E-state index is 12.6. The first-order valence-electron chi connectivity index (χ1n) is 4.91. The normalized spacial score (nSPS) is 11.8. The van der Waals surface area contributed by atoms with Crippen LogP contribution in [-0.2, 0) is 6.18 Å². The molecule has 0 aliphatic heterocycles. The molecule has 17 heavy (non-hydrogen) atoms. The van der Waals surface area contributed by atoms with E-state index in [4.69, 9.17) is 5.73 Å². The summed E-state index contributed by atoms with van der Waals surface area (Å²) in [6, 6.07) is 7.30. The SMILES string of the molecule is Cc1ccc(-c2cc(N)cc(C(F)(F)F)c2)s1. The Morgan fingerprint density at radius 1 is 1.12 bits per heavy atom. The van der Waals surface area contributed by atoms with Gasteiger partial charge in [0.1, 0.15) is 0 Å². The Kier molecular flexibility index (Phi) is 2.87. The van der Waals surface area contributed by atoms with Gasteiger partial charge in [-0.25, -0.2) is 0 Å². The van der Waals surface area contributed by atoms with Crippen LogP contribution < -0.4 is 5.73 Å². The molecule has 90 valence electrons. The summed E-state index contributed by atoms with van der Waals surface area (Å²) in [7, 11) is 0. The summed E-state index contributed by atoms with van der Waals surface area (Å²) in [6.45, 7) is 1.91. The van der Waals surface area contributed by atoms with E-state index in [0.717, 1.165) is 21.9 Å². The van der Waals surface area contributed by atoms with Gasteiger partial charge in [0.05, 0.1) is 5.56 Å². The van der Waals surface area contributed by atoms with Crippen LogP contribution in [0.2, 0.25) is 0 Å². The molecule has 0 saturated carbocycles. The molecule has 0 saturated heterocycles. The highest BCUT2D eigenvalue weighted by Crippen LogP contribution is 2.36. The quantitative estimate of drug-likeness (QED) is 0.756. The number of alkyl halides is 3. The first-order valence-corrected chi connectivity index (χ1v) is 5.72. The molecule has 0 fully saturated rings. The summed E-state index contributed by atoms with van der Waals surface area (Å²) in [4.78, 5) is 1.84. The lowest BCUT2D eigenvalue weighted by molar-refractivity contribution is -0.137. The van der Waals surface area contributed by atoms with E-state index in [2.05, 4.69) is 0 Å². The van der Waals surface area contributed by atoms with Crippen molar-refractivity contribution >= 4 is 17.0 Å². The molecule has 2 N–H and O–H groups in total. The van der Waals surface area contributed by atoms with Gasteiger partial charge in [-0.1, -0.05) is 0 Å². The molecule has 0 amide bonds. The van der Waals surface area contributed by atoms with Gasteiger partial charge in [-0.15, -0.1) is 11.3 Å². The number of halogens is 3. The van der Waals surface area contributed by atoms with Crippen molar-refractivity contribution in [1.29, 1.82) is 0 Å². The van der Waals surface area contributed by atoms with E-state index >= 15 is 0 Å². The molecule has 0 aliphatic carbocycles. The molecule has 2 rings (SSSR count). The third-order valence-corrected chi connectivity index (χ3v) is 3.36. The summed E-state index contributed by atoms with van der Waals surface area (Å²) in [6.07, 6.45) is -4.36. The van der Waals surface area contributed by atoms with Crippen molar-refractivity contribution in [3.63, 3.8) is 0 Å². The Labute approximate surface area is 101 Å². The molecule has 0 unspecified atom stereocenters. The van der Waals surface area contributed by atoms with Crippen LogP contribution in [0.15, 0.2) is 30.3 Å². The summed E-state index contributed by atoms with van der Waals surface area (Å²) < 4.78 is 37.8. The Morgan fingerprint density at radius 3 is 2.35 bits per heavy atom. The Balaban J connectivity index is 2.52. The van der Waals surface area contributed by atoms with Crippen molar-refractivity contribution < 1.29 is 13.2 Å². The van der Waals surface area contributed by atoms with E-state index in [1.165, 1.54) is 11.3 Å². The number of nitrogen functional groups attached to an aromatic ring is 1.